The van der Waals surface area contributed by atoms with Crippen molar-refractivity contribution in [3.05, 3.63) is 65.5 Å². The Morgan fingerprint density at radius 3 is 2.59 bits per heavy atom. The van der Waals surface area contributed by atoms with Crippen molar-refractivity contribution in [2.45, 2.75) is 38.4 Å². The van der Waals surface area contributed by atoms with Gasteiger partial charge in [0.15, 0.2) is 0 Å². The predicted molar refractivity (Wildman–Crippen MR) is 120 cm³/mol. The van der Waals surface area contributed by atoms with E-state index in [4.69, 9.17) is 5.73 Å². The fraction of sp³-hybridized carbons (Fsp3) is 0.455. The van der Waals surface area contributed by atoms with Crippen molar-refractivity contribution in [3.8, 4) is 0 Å². The van der Waals surface area contributed by atoms with Crippen LogP contribution < -0.4 is 5.73 Å². The van der Waals surface area contributed by atoms with Gasteiger partial charge >= 0.3 is 0 Å². The number of piperidine rings is 1. The molecule has 4 heterocycles. The van der Waals surface area contributed by atoms with Gasteiger partial charge in [0.25, 0.3) is 0 Å². The molecule has 2 N–H and O–H groups in total. The molecule has 158 valence electrons. The Bertz CT molecular complexity index is 789. The second-order valence-electron chi connectivity index (χ2n) is 7.77. The van der Waals surface area contributed by atoms with E-state index in [1.54, 1.807) is 6.20 Å². The number of fused-ring (bicyclic) bond motifs is 4. The molecule has 0 aliphatic carbocycles. The Morgan fingerprint density at radius 1 is 1.00 bits per heavy atom. The minimum atomic E-state index is 0. The molecule has 3 aliphatic rings. The van der Waals surface area contributed by atoms with Crippen LogP contribution >= 0.6 is 24.8 Å². The van der Waals surface area contributed by atoms with Crippen LogP contribution in [0.15, 0.2) is 48.7 Å². The molecule has 1 aromatic heterocycles. The molecule has 0 unspecified atom stereocenters. The maximum Gasteiger partial charge on any atom is 0.227 e. The lowest BCUT2D eigenvalue weighted by Crippen LogP contribution is -2.47. The molecule has 0 radical (unpaired) electrons. The summed E-state index contributed by atoms with van der Waals surface area (Å²) in [6.45, 7) is 4.00. The molecule has 2 bridgehead atoms. The average molecular weight is 437 g/mol. The fourth-order valence-corrected chi connectivity index (χ4v) is 4.44. The van der Waals surface area contributed by atoms with Gasteiger partial charge in [0.1, 0.15) is 0 Å². The summed E-state index contributed by atoms with van der Waals surface area (Å²) < 4.78 is 0. The number of nitrogens with two attached hydrogens (primary N) is 1. The zero-order valence-corrected chi connectivity index (χ0v) is 18.2. The van der Waals surface area contributed by atoms with Crippen LogP contribution in [0, 0.1) is 5.92 Å². The van der Waals surface area contributed by atoms with Gasteiger partial charge in [0, 0.05) is 31.9 Å². The molecular formula is C22H30Cl2N4O. The standard InChI is InChI=1S/C22H28N4O.2ClH/c23-10-9-17-4-3-5-18(12-17)13-25-14-19-7-8-21(16-25)26(22(19)27)15-20-6-1-2-11-24-20;;/h1-6,11-12,19,21H,7-10,13-16,23H2;2*1H/t19-,21+;;/m0../s1. The number of benzene rings is 1. The molecule has 5 nitrogen and oxygen atoms in total. The van der Waals surface area contributed by atoms with E-state index in [-0.39, 0.29) is 36.8 Å². The largest absolute Gasteiger partial charge is 0.332 e. The number of carbonyl (C=O) groups is 1. The van der Waals surface area contributed by atoms with Crippen molar-refractivity contribution in [1.82, 2.24) is 14.8 Å². The molecule has 3 aliphatic heterocycles. The van der Waals surface area contributed by atoms with E-state index in [2.05, 4.69) is 39.0 Å². The molecule has 5 rings (SSSR count). The van der Waals surface area contributed by atoms with E-state index in [1.165, 1.54) is 11.1 Å². The maximum absolute atomic E-state index is 13.0. The molecule has 29 heavy (non-hydrogen) atoms. The van der Waals surface area contributed by atoms with Gasteiger partial charge in [-0.3, -0.25) is 14.7 Å². The minimum absolute atomic E-state index is 0. The normalized spacial score (nSPS) is 21.3. The minimum Gasteiger partial charge on any atom is -0.332 e. The number of nitrogens with zero attached hydrogens (tertiary/aromatic N) is 3. The van der Waals surface area contributed by atoms with Gasteiger partial charge in [0.2, 0.25) is 5.91 Å². The first-order valence-electron chi connectivity index (χ1n) is 9.93. The molecule has 1 amide bonds. The summed E-state index contributed by atoms with van der Waals surface area (Å²) in [4.78, 5) is 22.0. The van der Waals surface area contributed by atoms with Crippen LogP contribution in [0.4, 0.5) is 0 Å². The Balaban J connectivity index is 0.00000150. The van der Waals surface area contributed by atoms with Crippen LogP contribution in [0.25, 0.3) is 0 Å². The number of halogens is 2. The topological polar surface area (TPSA) is 62.5 Å². The van der Waals surface area contributed by atoms with Crippen LogP contribution in [-0.2, 0) is 24.3 Å². The van der Waals surface area contributed by atoms with Crippen molar-refractivity contribution < 1.29 is 4.79 Å². The average Bonchev–Trinajstić information content (AvgIpc) is 2.95. The monoisotopic (exact) mass is 436 g/mol. The number of pyridine rings is 1. The number of hydrogen-bond donors (Lipinski definition) is 1. The van der Waals surface area contributed by atoms with Gasteiger partial charge in [-0.15, -0.1) is 24.8 Å². The highest BCUT2D eigenvalue weighted by atomic mass is 35.5. The van der Waals surface area contributed by atoms with Gasteiger partial charge in [-0.05, 0) is 49.1 Å². The van der Waals surface area contributed by atoms with E-state index in [0.717, 1.165) is 44.6 Å². The van der Waals surface area contributed by atoms with E-state index < -0.39 is 0 Å². The molecule has 1 aromatic carbocycles. The molecular weight excluding hydrogens is 407 g/mol. The summed E-state index contributed by atoms with van der Waals surface area (Å²) >= 11 is 0. The Kier molecular flexibility index (Phi) is 8.90. The van der Waals surface area contributed by atoms with Crippen LogP contribution in [-0.4, -0.2) is 46.4 Å². The van der Waals surface area contributed by atoms with Crippen LogP contribution in [0.1, 0.15) is 29.7 Å². The van der Waals surface area contributed by atoms with Crippen LogP contribution in [0.5, 0.6) is 0 Å². The van der Waals surface area contributed by atoms with Crippen molar-refractivity contribution in [2.75, 3.05) is 19.6 Å². The van der Waals surface area contributed by atoms with Gasteiger partial charge in [-0.2, -0.15) is 0 Å². The van der Waals surface area contributed by atoms with Crippen LogP contribution in [0.2, 0.25) is 0 Å². The second-order valence-corrected chi connectivity index (χ2v) is 7.77. The highest BCUT2D eigenvalue weighted by Crippen LogP contribution is 2.31. The molecule has 0 saturated carbocycles. The Labute approximate surface area is 185 Å². The zero-order valence-electron chi connectivity index (χ0n) is 16.6. The number of carbonyl (C=O) groups excluding carboxylic acids is 1. The first-order valence-corrected chi connectivity index (χ1v) is 9.93. The molecule has 3 saturated heterocycles. The van der Waals surface area contributed by atoms with Gasteiger partial charge in [0.05, 0.1) is 18.2 Å². The Morgan fingerprint density at radius 2 is 1.83 bits per heavy atom. The SMILES string of the molecule is Cl.Cl.NCCc1cccc(CN2C[C@@H]3CC[C@H](C2)N(Cc2ccccn2)C3=O)c1. The summed E-state index contributed by atoms with van der Waals surface area (Å²) in [5, 5.41) is 0. The lowest BCUT2D eigenvalue weighted by molar-refractivity contribution is -0.140. The molecule has 3 fully saturated rings. The summed E-state index contributed by atoms with van der Waals surface area (Å²) in [6, 6.07) is 14.9. The molecule has 7 heteroatoms. The second kappa shape index (κ2) is 10.9. The van der Waals surface area contributed by atoms with Crippen molar-refractivity contribution in [1.29, 1.82) is 0 Å². The van der Waals surface area contributed by atoms with Gasteiger partial charge in [-0.1, -0.05) is 30.3 Å². The van der Waals surface area contributed by atoms with E-state index >= 15 is 0 Å². The first kappa shape index (κ1) is 23.6. The smallest absolute Gasteiger partial charge is 0.227 e. The first-order chi connectivity index (χ1) is 13.2. The highest BCUT2D eigenvalue weighted by molar-refractivity contribution is 5.85. The third-order valence-electron chi connectivity index (χ3n) is 5.76. The fourth-order valence-electron chi connectivity index (χ4n) is 4.44. The number of hydrogen-bond acceptors (Lipinski definition) is 4. The molecule has 2 aromatic rings. The predicted octanol–water partition coefficient (Wildman–Crippen LogP) is 3.05. The quantitative estimate of drug-likeness (QED) is 0.755. The molecule has 0 spiro atoms. The van der Waals surface area contributed by atoms with Gasteiger partial charge < -0.3 is 10.6 Å². The summed E-state index contributed by atoms with van der Waals surface area (Å²) in [5.41, 5.74) is 9.27. The third-order valence-corrected chi connectivity index (χ3v) is 5.76. The Hall–Kier alpha value is -1.66. The number of rotatable bonds is 6. The zero-order chi connectivity index (χ0) is 18.6. The van der Waals surface area contributed by atoms with Crippen LogP contribution in [0.3, 0.4) is 0 Å². The molecule has 2 atom stereocenters. The van der Waals surface area contributed by atoms with E-state index in [9.17, 15) is 4.79 Å². The lowest BCUT2D eigenvalue weighted by Gasteiger charge is -2.35. The van der Waals surface area contributed by atoms with Gasteiger partial charge in [-0.25, -0.2) is 0 Å². The number of aromatic nitrogens is 1. The van der Waals surface area contributed by atoms with Crippen molar-refractivity contribution in [3.63, 3.8) is 0 Å². The summed E-state index contributed by atoms with van der Waals surface area (Å²) in [6.07, 6.45) is 4.81. The van der Waals surface area contributed by atoms with Crippen molar-refractivity contribution in [2.24, 2.45) is 11.7 Å². The van der Waals surface area contributed by atoms with E-state index in [0.29, 0.717) is 19.0 Å². The lowest BCUT2D eigenvalue weighted by atomic mass is 9.94. The third kappa shape index (κ3) is 5.70. The van der Waals surface area contributed by atoms with E-state index in [1.807, 2.05) is 18.2 Å². The summed E-state index contributed by atoms with van der Waals surface area (Å²) in [7, 11) is 0. The van der Waals surface area contributed by atoms with Crippen molar-refractivity contribution >= 4 is 30.7 Å². The number of amides is 1. The highest BCUT2D eigenvalue weighted by Gasteiger charge is 2.40. The maximum atomic E-state index is 13.0. The summed E-state index contributed by atoms with van der Waals surface area (Å²) in [5.74, 6) is 0.413.